The predicted molar refractivity (Wildman–Crippen MR) is 74.4 cm³/mol. The van der Waals surface area contributed by atoms with Gasteiger partial charge in [0.25, 0.3) is 5.89 Å². The first kappa shape index (κ1) is 12.3. The molecule has 4 nitrogen and oxygen atoms in total. The van der Waals surface area contributed by atoms with Crippen molar-refractivity contribution < 1.29 is 4.52 Å². The first-order valence-corrected chi connectivity index (χ1v) is 7.59. The Bertz CT molecular complexity index is 552. The number of nitrogens with zero attached hydrogens (tertiary/aromatic N) is 2. The maximum atomic E-state index is 6.32. The van der Waals surface area contributed by atoms with Crippen LogP contribution in [0.15, 0.2) is 14.4 Å². The van der Waals surface area contributed by atoms with E-state index in [4.69, 9.17) is 10.3 Å². The Morgan fingerprint density at radius 2 is 2.17 bits per heavy atom. The van der Waals surface area contributed by atoms with Crippen LogP contribution in [-0.2, 0) is 5.54 Å². The summed E-state index contributed by atoms with van der Waals surface area (Å²) in [6, 6.07) is 2.05. The van der Waals surface area contributed by atoms with Crippen LogP contribution < -0.4 is 5.73 Å². The zero-order valence-corrected chi connectivity index (χ0v) is 12.5. The van der Waals surface area contributed by atoms with Crippen LogP contribution in [0.2, 0.25) is 0 Å². The second-order valence-corrected chi connectivity index (χ2v) is 7.22. The zero-order valence-electron chi connectivity index (χ0n) is 10.1. The molecule has 0 radical (unpaired) electrons. The van der Waals surface area contributed by atoms with Gasteiger partial charge in [-0.2, -0.15) is 4.98 Å². The van der Waals surface area contributed by atoms with Crippen molar-refractivity contribution in [2.75, 3.05) is 0 Å². The van der Waals surface area contributed by atoms with Crippen LogP contribution >= 0.6 is 27.3 Å². The SMILES string of the molecule is Cc1cc(-c2nc(C3(N)CCCC3)no2)sc1Br. The van der Waals surface area contributed by atoms with Gasteiger partial charge in [0.05, 0.1) is 14.2 Å². The monoisotopic (exact) mass is 327 g/mol. The molecular weight excluding hydrogens is 314 g/mol. The second kappa shape index (κ2) is 4.43. The molecule has 2 aromatic heterocycles. The highest BCUT2D eigenvalue weighted by Crippen LogP contribution is 2.37. The summed E-state index contributed by atoms with van der Waals surface area (Å²) in [6.45, 7) is 2.04. The van der Waals surface area contributed by atoms with Gasteiger partial charge in [-0.3, -0.25) is 0 Å². The van der Waals surface area contributed by atoms with E-state index in [0.29, 0.717) is 11.7 Å². The van der Waals surface area contributed by atoms with Gasteiger partial charge in [0.1, 0.15) is 0 Å². The number of halogens is 1. The third-order valence-corrected chi connectivity index (χ3v) is 5.56. The number of rotatable bonds is 2. The standard InChI is InChI=1S/C12H14BrN3OS/c1-7-6-8(18-9(7)13)10-15-11(16-17-10)12(14)4-2-3-5-12/h6H,2-5,14H2,1H3. The number of hydrogen-bond acceptors (Lipinski definition) is 5. The van der Waals surface area contributed by atoms with Crippen LogP contribution in [0.25, 0.3) is 10.8 Å². The average Bonchev–Trinajstić information content (AvgIpc) is 3.01. The van der Waals surface area contributed by atoms with Crippen LogP contribution in [0, 0.1) is 6.92 Å². The fourth-order valence-corrected chi connectivity index (χ4v) is 3.78. The van der Waals surface area contributed by atoms with Crippen LogP contribution in [-0.4, -0.2) is 10.1 Å². The van der Waals surface area contributed by atoms with Crippen molar-refractivity contribution in [2.24, 2.45) is 5.73 Å². The molecule has 0 aliphatic heterocycles. The van der Waals surface area contributed by atoms with Crippen molar-refractivity contribution in [1.29, 1.82) is 0 Å². The van der Waals surface area contributed by atoms with Crippen molar-refractivity contribution in [3.63, 3.8) is 0 Å². The van der Waals surface area contributed by atoms with Crippen LogP contribution in [0.5, 0.6) is 0 Å². The lowest BCUT2D eigenvalue weighted by atomic mass is 9.99. The molecule has 18 heavy (non-hydrogen) atoms. The highest BCUT2D eigenvalue weighted by atomic mass is 79.9. The fourth-order valence-electron chi connectivity index (χ4n) is 2.32. The summed E-state index contributed by atoms with van der Waals surface area (Å²) in [6.07, 6.45) is 4.17. The molecule has 6 heteroatoms. The van der Waals surface area contributed by atoms with Gasteiger partial charge >= 0.3 is 0 Å². The molecule has 0 spiro atoms. The number of aryl methyl sites for hydroxylation is 1. The van der Waals surface area contributed by atoms with E-state index >= 15 is 0 Å². The molecule has 1 aliphatic rings. The van der Waals surface area contributed by atoms with E-state index in [1.807, 2.05) is 13.0 Å². The molecule has 0 unspecified atom stereocenters. The molecular formula is C12H14BrN3OS. The molecule has 0 amide bonds. The lowest BCUT2D eigenvalue weighted by Gasteiger charge is -2.17. The average molecular weight is 328 g/mol. The molecule has 96 valence electrons. The molecule has 1 aliphatic carbocycles. The molecule has 1 saturated carbocycles. The van der Waals surface area contributed by atoms with Crippen molar-refractivity contribution in [3.8, 4) is 10.8 Å². The predicted octanol–water partition coefficient (Wildman–Crippen LogP) is 3.60. The molecule has 0 bridgehead atoms. The van der Waals surface area contributed by atoms with Gasteiger partial charge in [0.2, 0.25) is 0 Å². The Hall–Kier alpha value is -0.720. The summed E-state index contributed by atoms with van der Waals surface area (Å²) in [5, 5.41) is 4.07. The normalized spacial score (nSPS) is 18.4. The lowest BCUT2D eigenvalue weighted by molar-refractivity contribution is 0.373. The molecule has 0 saturated heterocycles. The molecule has 0 aromatic carbocycles. The topological polar surface area (TPSA) is 64.9 Å². The smallest absolute Gasteiger partial charge is 0.268 e. The molecule has 1 fully saturated rings. The Balaban J connectivity index is 1.94. The summed E-state index contributed by atoms with van der Waals surface area (Å²) in [5.74, 6) is 1.22. The van der Waals surface area contributed by atoms with Gasteiger partial charge in [-0.1, -0.05) is 18.0 Å². The van der Waals surface area contributed by atoms with E-state index in [0.717, 1.165) is 34.3 Å². The number of hydrogen-bond donors (Lipinski definition) is 1. The van der Waals surface area contributed by atoms with Crippen molar-refractivity contribution in [2.45, 2.75) is 38.1 Å². The molecule has 3 rings (SSSR count). The highest BCUT2D eigenvalue weighted by Gasteiger charge is 2.36. The third kappa shape index (κ3) is 2.02. The van der Waals surface area contributed by atoms with Gasteiger partial charge in [-0.05, 0) is 47.3 Å². The van der Waals surface area contributed by atoms with Crippen molar-refractivity contribution >= 4 is 27.3 Å². The summed E-state index contributed by atoms with van der Waals surface area (Å²) < 4.78 is 6.44. The van der Waals surface area contributed by atoms with Gasteiger partial charge in [-0.25, -0.2) is 0 Å². The quantitative estimate of drug-likeness (QED) is 0.915. The Labute approximate surface area is 118 Å². The van der Waals surface area contributed by atoms with Crippen molar-refractivity contribution in [3.05, 3.63) is 21.2 Å². The Morgan fingerprint density at radius 3 is 2.78 bits per heavy atom. The summed E-state index contributed by atoms with van der Waals surface area (Å²) >= 11 is 5.10. The largest absolute Gasteiger partial charge is 0.333 e. The third-order valence-electron chi connectivity index (χ3n) is 3.44. The van der Waals surface area contributed by atoms with E-state index in [9.17, 15) is 0 Å². The van der Waals surface area contributed by atoms with Gasteiger partial charge in [0.15, 0.2) is 5.82 Å². The zero-order chi connectivity index (χ0) is 12.8. The molecule has 2 aromatic rings. The van der Waals surface area contributed by atoms with E-state index in [2.05, 4.69) is 26.1 Å². The second-order valence-electron chi connectivity index (χ2n) is 4.85. The Morgan fingerprint density at radius 1 is 1.44 bits per heavy atom. The minimum Gasteiger partial charge on any atom is -0.333 e. The first-order valence-electron chi connectivity index (χ1n) is 5.98. The fraction of sp³-hybridized carbons (Fsp3) is 0.500. The molecule has 2 N–H and O–H groups in total. The number of aromatic nitrogens is 2. The van der Waals surface area contributed by atoms with Crippen LogP contribution in [0.3, 0.4) is 0 Å². The molecule has 2 heterocycles. The van der Waals surface area contributed by atoms with Gasteiger partial charge < -0.3 is 10.3 Å². The maximum Gasteiger partial charge on any atom is 0.268 e. The van der Waals surface area contributed by atoms with E-state index in [1.54, 1.807) is 11.3 Å². The Kier molecular flexibility index (Phi) is 3.03. The van der Waals surface area contributed by atoms with E-state index in [1.165, 1.54) is 5.56 Å². The van der Waals surface area contributed by atoms with Gasteiger partial charge in [-0.15, -0.1) is 11.3 Å². The van der Waals surface area contributed by atoms with Crippen LogP contribution in [0.1, 0.15) is 37.1 Å². The summed E-state index contributed by atoms with van der Waals surface area (Å²) in [7, 11) is 0. The summed E-state index contributed by atoms with van der Waals surface area (Å²) in [5.41, 5.74) is 7.11. The maximum absolute atomic E-state index is 6.32. The first-order chi connectivity index (χ1) is 8.58. The lowest BCUT2D eigenvalue weighted by Crippen LogP contribution is -2.34. The number of thiophene rings is 1. The number of nitrogens with two attached hydrogens (primary N) is 1. The minimum atomic E-state index is -0.384. The van der Waals surface area contributed by atoms with Crippen LogP contribution in [0.4, 0.5) is 0 Å². The highest BCUT2D eigenvalue weighted by molar-refractivity contribution is 9.11. The molecule has 0 atom stereocenters. The minimum absolute atomic E-state index is 0.384. The van der Waals surface area contributed by atoms with E-state index < -0.39 is 0 Å². The van der Waals surface area contributed by atoms with E-state index in [-0.39, 0.29) is 5.54 Å². The summed E-state index contributed by atoms with van der Waals surface area (Å²) in [4.78, 5) is 5.46. The van der Waals surface area contributed by atoms with Gasteiger partial charge in [0, 0.05) is 0 Å². The van der Waals surface area contributed by atoms with Crippen molar-refractivity contribution in [1.82, 2.24) is 10.1 Å².